The molecule has 1 saturated heterocycles. The maximum atomic E-state index is 5.52. The number of hydrogen-bond acceptors (Lipinski definition) is 5. The van der Waals surface area contributed by atoms with Gasteiger partial charge in [0.1, 0.15) is 5.75 Å². The Morgan fingerprint density at radius 2 is 1.93 bits per heavy atom. The molecule has 1 fully saturated rings. The number of piperidine rings is 1. The van der Waals surface area contributed by atoms with Gasteiger partial charge in [0.25, 0.3) is 0 Å². The maximum absolute atomic E-state index is 5.52. The number of rotatable bonds is 6. The highest BCUT2D eigenvalue weighted by molar-refractivity contribution is 5.89. The fourth-order valence-electron chi connectivity index (χ4n) is 4.19. The molecule has 1 aliphatic rings. The van der Waals surface area contributed by atoms with Gasteiger partial charge in [-0.05, 0) is 55.9 Å². The lowest BCUT2D eigenvalue weighted by molar-refractivity contribution is 0.139. The van der Waals surface area contributed by atoms with Crippen molar-refractivity contribution in [2.24, 2.45) is 5.92 Å². The molecule has 4 rings (SSSR count). The molecule has 1 aliphatic heterocycles. The van der Waals surface area contributed by atoms with E-state index in [2.05, 4.69) is 59.3 Å². The average Bonchev–Trinajstić information content (AvgIpc) is 3.17. The second kappa shape index (κ2) is 8.23. The minimum atomic E-state index is 0.261. The van der Waals surface area contributed by atoms with E-state index >= 15 is 0 Å². The van der Waals surface area contributed by atoms with Gasteiger partial charge in [0.2, 0.25) is 0 Å². The minimum Gasteiger partial charge on any atom is -0.497 e. The third-order valence-electron chi connectivity index (χ3n) is 6.10. The summed E-state index contributed by atoms with van der Waals surface area (Å²) in [5.41, 5.74) is 2.24. The monoisotopic (exact) mass is 379 g/mol. The standard InChI is InChI=1S/C23H29N3O2/c1-17(25(2)23-21-16-20(27-3)9-10-22(21)28-24-23)26-13-11-19(12-14-26)15-18-7-5-4-6-8-18/h4-10,16-17,19H,11-15H2,1-3H3. The van der Waals surface area contributed by atoms with Crippen LogP contribution < -0.4 is 9.64 Å². The fraction of sp³-hybridized carbons (Fsp3) is 0.435. The van der Waals surface area contributed by atoms with Crippen LogP contribution in [0.25, 0.3) is 11.0 Å². The molecule has 0 N–H and O–H groups in total. The van der Waals surface area contributed by atoms with E-state index in [1.54, 1.807) is 7.11 Å². The molecule has 1 atom stereocenters. The molecule has 1 unspecified atom stereocenters. The second-order valence-corrected chi connectivity index (χ2v) is 7.78. The van der Waals surface area contributed by atoms with Gasteiger partial charge in [0.15, 0.2) is 11.4 Å². The zero-order chi connectivity index (χ0) is 19.5. The molecular formula is C23H29N3O2. The van der Waals surface area contributed by atoms with Gasteiger partial charge in [0.05, 0.1) is 18.7 Å². The number of fused-ring (bicyclic) bond motifs is 1. The molecule has 0 amide bonds. The van der Waals surface area contributed by atoms with Gasteiger partial charge in [-0.15, -0.1) is 0 Å². The number of anilines is 1. The summed E-state index contributed by atoms with van der Waals surface area (Å²) < 4.78 is 10.9. The lowest BCUT2D eigenvalue weighted by atomic mass is 9.90. The Balaban J connectivity index is 1.40. The van der Waals surface area contributed by atoms with Crippen molar-refractivity contribution in [3.05, 3.63) is 54.1 Å². The van der Waals surface area contributed by atoms with Crippen molar-refractivity contribution in [1.29, 1.82) is 0 Å². The zero-order valence-electron chi connectivity index (χ0n) is 17.0. The Labute approximate surface area is 166 Å². The normalized spacial score (nSPS) is 17.0. The molecule has 5 nitrogen and oxygen atoms in total. The molecule has 2 heterocycles. The molecule has 28 heavy (non-hydrogen) atoms. The van der Waals surface area contributed by atoms with E-state index in [1.165, 1.54) is 24.8 Å². The lowest BCUT2D eigenvalue weighted by Gasteiger charge is -2.40. The van der Waals surface area contributed by atoms with E-state index < -0.39 is 0 Å². The first kappa shape index (κ1) is 18.8. The summed E-state index contributed by atoms with van der Waals surface area (Å²) in [6, 6.07) is 16.7. The number of benzene rings is 2. The van der Waals surface area contributed by atoms with Crippen LogP contribution in [0.4, 0.5) is 5.82 Å². The van der Waals surface area contributed by atoms with Crippen molar-refractivity contribution in [2.75, 3.05) is 32.1 Å². The fourth-order valence-corrected chi connectivity index (χ4v) is 4.19. The lowest BCUT2D eigenvalue weighted by Crippen LogP contribution is -2.48. The highest BCUT2D eigenvalue weighted by atomic mass is 16.5. The molecule has 0 radical (unpaired) electrons. The van der Waals surface area contributed by atoms with Crippen molar-refractivity contribution in [1.82, 2.24) is 10.1 Å². The molecule has 2 aromatic carbocycles. The quantitative estimate of drug-likeness (QED) is 0.627. The molecule has 0 aliphatic carbocycles. The summed E-state index contributed by atoms with van der Waals surface area (Å²) in [6.45, 7) is 4.47. The van der Waals surface area contributed by atoms with E-state index in [0.717, 1.165) is 41.5 Å². The van der Waals surface area contributed by atoms with Crippen LogP contribution in [0.15, 0.2) is 53.1 Å². The van der Waals surface area contributed by atoms with Crippen LogP contribution in [0.2, 0.25) is 0 Å². The Hall–Kier alpha value is -2.53. The van der Waals surface area contributed by atoms with Gasteiger partial charge in [0, 0.05) is 20.1 Å². The van der Waals surface area contributed by atoms with Crippen molar-refractivity contribution >= 4 is 16.8 Å². The van der Waals surface area contributed by atoms with Crippen molar-refractivity contribution in [2.45, 2.75) is 32.4 Å². The number of methoxy groups -OCH3 is 1. The highest BCUT2D eigenvalue weighted by Crippen LogP contribution is 2.31. The first-order valence-corrected chi connectivity index (χ1v) is 10.1. The van der Waals surface area contributed by atoms with E-state index in [9.17, 15) is 0 Å². The van der Waals surface area contributed by atoms with Crippen LogP contribution in [0.1, 0.15) is 25.3 Å². The first-order chi connectivity index (χ1) is 13.7. The van der Waals surface area contributed by atoms with Crippen LogP contribution in [0, 0.1) is 5.92 Å². The maximum Gasteiger partial charge on any atom is 0.181 e. The Morgan fingerprint density at radius 3 is 2.64 bits per heavy atom. The number of aromatic nitrogens is 1. The average molecular weight is 380 g/mol. The molecule has 1 aromatic heterocycles. The van der Waals surface area contributed by atoms with Crippen molar-refractivity contribution in [3.8, 4) is 5.75 Å². The van der Waals surface area contributed by atoms with Crippen LogP contribution >= 0.6 is 0 Å². The molecular weight excluding hydrogens is 350 g/mol. The Morgan fingerprint density at radius 1 is 1.18 bits per heavy atom. The largest absolute Gasteiger partial charge is 0.497 e. The molecule has 0 spiro atoms. The molecule has 5 heteroatoms. The molecule has 148 valence electrons. The van der Waals surface area contributed by atoms with Gasteiger partial charge in [-0.1, -0.05) is 35.5 Å². The Kier molecular flexibility index (Phi) is 5.53. The van der Waals surface area contributed by atoms with Gasteiger partial charge in [-0.25, -0.2) is 0 Å². The summed E-state index contributed by atoms with van der Waals surface area (Å²) in [5, 5.41) is 5.32. The smallest absolute Gasteiger partial charge is 0.181 e. The van der Waals surface area contributed by atoms with Crippen molar-refractivity contribution in [3.63, 3.8) is 0 Å². The third kappa shape index (κ3) is 3.85. The first-order valence-electron chi connectivity index (χ1n) is 10.1. The van der Waals surface area contributed by atoms with Gasteiger partial charge in [-0.3, -0.25) is 4.90 Å². The van der Waals surface area contributed by atoms with Crippen molar-refractivity contribution < 1.29 is 9.26 Å². The summed E-state index contributed by atoms with van der Waals surface area (Å²) in [5.74, 6) is 2.46. The summed E-state index contributed by atoms with van der Waals surface area (Å²) in [4.78, 5) is 4.75. The molecule has 0 bridgehead atoms. The summed E-state index contributed by atoms with van der Waals surface area (Å²) >= 11 is 0. The van der Waals surface area contributed by atoms with E-state index in [4.69, 9.17) is 9.26 Å². The third-order valence-corrected chi connectivity index (χ3v) is 6.10. The summed E-state index contributed by atoms with van der Waals surface area (Å²) in [6.07, 6.45) is 3.92. The number of ether oxygens (including phenoxy) is 1. The minimum absolute atomic E-state index is 0.261. The number of nitrogens with zero attached hydrogens (tertiary/aromatic N) is 3. The van der Waals surface area contributed by atoms with Crippen LogP contribution in [0.3, 0.4) is 0 Å². The predicted molar refractivity (Wildman–Crippen MR) is 113 cm³/mol. The molecule has 3 aromatic rings. The molecule has 0 saturated carbocycles. The number of hydrogen-bond donors (Lipinski definition) is 0. The number of likely N-dealkylation sites (tertiary alicyclic amines) is 1. The van der Waals surface area contributed by atoms with Gasteiger partial charge < -0.3 is 14.2 Å². The predicted octanol–water partition coefficient (Wildman–Crippen LogP) is 4.57. The van der Waals surface area contributed by atoms with E-state index in [0.29, 0.717) is 0 Å². The SMILES string of the molecule is COc1ccc2onc(N(C)C(C)N3CCC(Cc4ccccc4)CC3)c2c1. The van der Waals surface area contributed by atoms with Crippen LogP contribution in [-0.4, -0.2) is 43.5 Å². The highest BCUT2D eigenvalue weighted by Gasteiger charge is 2.27. The zero-order valence-corrected chi connectivity index (χ0v) is 17.0. The van der Waals surface area contributed by atoms with Crippen LogP contribution in [0.5, 0.6) is 5.75 Å². The van der Waals surface area contributed by atoms with E-state index in [1.807, 2.05) is 18.2 Å². The van der Waals surface area contributed by atoms with E-state index in [-0.39, 0.29) is 6.17 Å². The van der Waals surface area contributed by atoms with Crippen LogP contribution in [-0.2, 0) is 6.42 Å². The topological polar surface area (TPSA) is 41.7 Å². The second-order valence-electron chi connectivity index (χ2n) is 7.78. The van der Waals surface area contributed by atoms with Gasteiger partial charge in [-0.2, -0.15) is 0 Å². The Bertz CT molecular complexity index is 901. The van der Waals surface area contributed by atoms with Gasteiger partial charge >= 0.3 is 0 Å². The summed E-state index contributed by atoms with van der Waals surface area (Å²) in [7, 11) is 3.78.